The second kappa shape index (κ2) is 9.25. The number of nitrogens with one attached hydrogen (secondary N) is 1. The van der Waals surface area contributed by atoms with E-state index in [1.165, 1.54) is 7.05 Å². The molecule has 0 bridgehead atoms. The van der Waals surface area contributed by atoms with Gasteiger partial charge in [0.05, 0.1) is 32.0 Å². The monoisotopic (exact) mass is 236 g/mol. The molecule has 0 aliphatic carbocycles. The third-order valence-electron chi connectivity index (χ3n) is 1.68. The molecule has 96 valence electrons. The minimum absolute atomic E-state index is 0.188. The van der Waals surface area contributed by atoms with Crippen LogP contribution in [0.3, 0.4) is 0 Å². The van der Waals surface area contributed by atoms with Gasteiger partial charge in [-0.3, -0.25) is 4.79 Å². The highest BCUT2D eigenvalue weighted by Gasteiger charge is 2.20. The average Bonchev–Trinajstić information content (AvgIpc) is 2.36. The number of hydrogen-bond acceptors (Lipinski definition) is 6. The normalized spacial score (nSPS) is 10.1. The minimum atomic E-state index is -1.21. The van der Waals surface area contributed by atoms with E-state index in [2.05, 4.69) is 11.9 Å². The molecule has 0 radical (unpaired) electrons. The smallest absolute Gasteiger partial charge is 0.248 e. The van der Waals surface area contributed by atoms with Gasteiger partial charge in [0, 0.05) is 12.6 Å². The number of rotatable bonds is 5. The number of carbonyl (C=O) groups excluding carboxylic acids is 1. The number of likely N-dealkylation sites (N-methyl/N-ethyl adjacent to an activating group) is 1. The molecule has 1 amide bonds. The van der Waals surface area contributed by atoms with E-state index in [0.29, 0.717) is 0 Å². The summed E-state index contributed by atoms with van der Waals surface area (Å²) in [5.41, 5.74) is 4.13. The van der Waals surface area contributed by atoms with Crippen LogP contribution in [0.25, 0.3) is 0 Å². The van der Waals surface area contributed by atoms with Crippen molar-refractivity contribution in [1.82, 2.24) is 5.32 Å². The second-order valence-corrected chi connectivity index (χ2v) is 3.18. The van der Waals surface area contributed by atoms with E-state index in [4.69, 9.17) is 26.2 Å². The van der Waals surface area contributed by atoms with Crippen LogP contribution in [-0.2, 0) is 4.79 Å². The van der Waals surface area contributed by atoms with Crippen molar-refractivity contribution in [3.05, 3.63) is 12.2 Å². The van der Waals surface area contributed by atoms with Gasteiger partial charge in [-0.1, -0.05) is 6.58 Å². The van der Waals surface area contributed by atoms with Gasteiger partial charge in [-0.05, 0) is 0 Å². The van der Waals surface area contributed by atoms with Crippen molar-refractivity contribution < 1.29 is 25.2 Å². The molecule has 0 aromatic rings. The molecule has 0 aliphatic rings. The summed E-state index contributed by atoms with van der Waals surface area (Å²) in [6.45, 7) is 1.80. The fraction of sp³-hybridized carbons (Fsp3) is 0.667. The van der Waals surface area contributed by atoms with E-state index in [-0.39, 0.29) is 18.1 Å². The molecule has 7 heteroatoms. The molecule has 0 aromatic heterocycles. The molecule has 7 nitrogen and oxygen atoms in total. The molecule has 0 heterocycles. The summed E-state index contributed by atoms with van der Waals surface area (Å²) in [5.74, 6) is -0.312. The Labute approximate surface area is 94.2 Å². The van der Waals surface area contributed by atoms with E-state index in [9.17, 15) is 4.79 Å². The van der Waals surface area contributed by atoms with Gasteiger partial charge in [-0.2, -0.15) is 0 Å². The lowest BCUT2D eigenvalue weighted by Gasteiger charge is -2.20. The molecule has 0 spiro atoms. The third kappa shape index (κ3) is 7.32. The number of carbonyl (C=O) groups is 1. The maximum absolute atomic E-state index is 10.4. The van der Waals surface area contributed by atoms with Crippen LogP contribution in [0.2, 0.25) is 0 Å². The molecule has 0 aromatic carbocycles. The first-order chi connectivity index (χ1) is 7.40. The Hall–Kier alpha value is -0.990. The van der Waals surface area contributed by atoms with Crippen molar-refractivity contribution in [1.29, 1.82) is 0 Å². The van der Waals surface area contributed by atoms with Gasteiger partial charge in [-0.25, -0.2) is 0 Å². The first-order valence-corrected chi connectivity index (χ1v) is 4.53. The summed E-state index contributed by atoms with van der Waals surface area (Å²) in [6.07, 6.45) is 0. The summed E-state index contributed by atoms with van der Waals surface area (Å²) >= 11 is 0. The lowest BCUT2D eigenvalue weighted by atomic mass is 10.1. The van der Waals surface area contributed by atoms with E-state index >= 15 is 0 Å². The van der Waals surface area contributed by atoms with Crippen molar-refractivity contribution in [2.45, 2.75) is 5.54 Å². The maximum atomic E-state index is 10.4. The molecule has 0 aliphatic heterocycles. The van der Waals surface area contributed by atoms with Crippen molar-refractivity contribution >= 4 is 5.91 Å². The number of hydrogen-bond donors (Lipinski definition) is 6. The number of aliphatic hydroxyl groups excluding tert-OH is 4. The quantitative estimate of drug-likeness (QED) is 0.280. The Morgan fingerprint density at radius 2 is 1.62 bits per heavy atom. The van der Waals surface area contributed by atoms with Crippen LogP contribution in [0, 0.1) is 0 Å². The number of aliphatic hydroxyl groups is 4. The van der Waals surface area contributed by atoms with Crippen molar-refractivity contribution in [3.63, 3.8) is 0 Å². The van der Waals surface area contributed by atoms with Crippen molar-refractivity contribution in [2.75, 3.05) is 33.5 Å². The van der Waals surface area contributed by atoms with Gasteiger partial charge < -0.3 is 31.5 Å². The molecule has 0 fully saturated rings. The van der Waals surface area contributed by atoms with Crippen molar-refractivity contribution in [2.24, 2.45) is 5.73 Å². The Morgan fingerprint density at radius 3 is 1.69 bits per heavy atom. The first kappa shape index (κ1) is 17.4. The Morgan fingerprint density at radius 1 is 1.25 bits per heavy atom. The van der Waals surface area contributed by atoms with Gasteiger partial charge in [0.2, 0.25) is 5.91 Å². The van der Waals surface area contributed by atoms with Gasteiger partial charge in [0.15, 0.2) is 0 Å². The highest BCUT2D eigenvalue weighted by atomic mass is 16.3. The maximum Gasteiger partial charge on any atom is 0.248 e. The Bertz CT molecular complexity index is 194. The van der Waals surface area contributed by atoms with Crippen molar-refractivity contribution in [3.8, 4) is 0 Å². The summed E-state index contributed by atoms with van der Waals surface area (Å²) in [5, 5.41) is 35.6. The molecule has 7 N–H and O–H groups in total. The van der Waals surface area contributed by atoms with Gasteiger partial charge in [0.25, 0.3) is 0 Å². The summed E-state index contributed by atoms with van der Waals surface area (Å²) in [4.78, 5) is 10.4. The summed E-state index contributed by atoms with van der Waals surface area (Å²) < 4.78 is 0. The zero-order chi connectivity index (χ0) is 13.2. The van der Waals surface area contributed by atoms with Gasteiger partial charge in [0.1, 0.15) is 0 Å². The fourth-order valence-corrected chi connectivity index (χ4v) is 0.399. The van der Waals surface area contributed by atoms with Crippen LogP contribution < -0.4 is 11.1 Å². The standard InChI is InChI=1S/C5H9NO2.C4H11NO3/c1-4(3-7)5(8)6-2;5-4(1-6,2-7)3-8/h7H,1,3H2,2H3,(H,6,8);6-8H,1-3,5H2. The molecule has 0 unspecified atom stereocenters. The third-order valence-corrected chi connectivity index (χ3v) is 1.68. The van der Waals surface area contributed by atoms with Crippen LogP contribution in [0.1, 0.15) is 0 Å². The fourth-order valence-electron chi connectivity index (χ4n) is 0.399. The highest BCUT2D eigenvalue weighted by Crippen LogP contribution is 1.93. The Balaban J connectivity index is 0. The Kier molecular flexibility index (Phi) is 10.1. The van der Waals surface area contributed by atoms with Crippen LogP contribution in [0.4, 0.5) is 0 Å². The molecule has 0 saturated heterocycles. The van der Waals surface area contributed by atoms with Gasteiger partial charge >= 0.3 is 0 Å². The number of amides is 1. The molecule has 16 heavy (non-hydrogen) atoms. The van der Waals surface area contributed by atoms with Crippen LogP contribution in [-0.4, -0.2) is 65.3 Å². The SMILES string of the molecule is C=C(CO)C(=O)NC.NC(CO)(CO)CO. The zero-order valence-corrected chi connectivity index (χ0v) is 9.31. The minimum Gasteiger partial charge on any atom is -0.394 e. The molecular formula is C9H20N2O5. The second-order valence-electron chi connectivity index (χ2n) is 3.18. The van der Waals surface area contributed by atoms with E-state index in [1.807, 2.05) is 0 Å². The first-order valence-electron chi connectivity index (χ1n) is 4.53. The largest absolute Gasteiger partial charge is 0.394 e. The summed E-state index contributed by atoms with van der Waals surface area (Å²) in [6, 6.07) is 0. The van der Waals surface area contributed by atoms with Crippen LogP contribution >= 0.6 is 0 Å². The lowest BCUT2D eigenvalue weighted by molar-refractivity contribution is -0.117. The number of nitrogens with two attached hydrogens (primary N) is 1. The average molecular weight is 236 g/mol. The zero-order valence-electron chi connectivity index (χ0n) is 9.31. The topological polar surface area (TPSA) is 136 Å². The summed E-state index contributed by atoms with van der Waals surface area (Å²) in [7, 11) is 1.49. The van der Waals surface area contributed by atoms with Crippen LogP contribution in [0.5, 0.6) is 0 Å². The lowest BCUT2D eigenvalue weighted by Crippen LogP contribution is -2.50. The predicted molar refractivity (Wildman–Crippen MR) is 58.5 cm³/mol. The van der Waals surface area contributed by atoms with Crippen LogP contribution in [0.15, 0.2) is 12.2 Å². The van der Waals surface area contributed by atoms with E-state index in [1.54, 1.807) is 0 Å². The molecule has 0 saturated carbocycles. The van der Waals surface area contributed by atoms with E-state index in [0.717, 1.165) is 0 Å². The van der Waals surface area contributed by atoms with Gasteiger partial charge in [-0.15, -0.1) is 0 Å². The molecule has 0 rings (SSSR count). The predicted octanol–water partition coefficient (Wildman–Crippen LogP) is -3.06. The highest BCUT2D eigenvalue weighted by molar-refractivity contribution is 5.92. The molecule has 0 atom stereocenters. The molecular weight excluding hydrogens is 216 g/mol. The van der Waals surface area contributed by atoms with E-state index < -0.39 is 25.4 Å².